The second-order valence-corrected chi connectivity index (χ2v) is 17.1. The standard InChI is InChI=1S/C38H54N4O10S/c1-38(2,16-7-4-8-17-39-36(44)41-18-9-10-19-41)25-42(53(46,47)28-13-14-32-33(22-28)51-26-50-32)23-31(43)30(21-27-11-5-3-6-12-27)40-37(45)52-34-24-49-35-29(34)15-20-48-35/h3,5-6,11-14,22,29-31,34-35,43H,4,7-10,15-21,23-26H2,1-2H3,(H,39,44)(H,40,45)/t29-,30-,31+,34-,35+/m0/s1. The first kappa shape index (κ1) is 39.1. The van der Waals surface area contributed by atoms with Crippen molar-refractivity contribution >= 4 is 22.1 Å². The molecule has 4 heterocycles. The maximum absolute atomic E-state index is 14.4. The van der Waals surface area contributed by atoms with Gasteiger partial charge in [0.1, 0.15) is 6.10 Å². The number of hydrogen-bond acceptors (Lipinski definition) is 10. The molecule has 0 spiro atoms. The minimum atomic E-state index is -4.16. The molecule has 53 heavy (non-hydrogen) atoms. The maximum Gasteiger partial charge on any atom is 0.407 e. The van der Waals surface area contributed by atoms with Gasteiger partial charge in [0.05, 0.1) is 36.2 Å². The van der Waals surface area contributed by atoms with E-state index in [1.165, 1.54) is 16.4 Å². The molecule has 4 aliphatic heterocycles. The van der Waals surface area contributed by atoms with Crippen molar-refractivity contribution in [3.05, 3.63) is 54.1 Å². The third-order valence-electron chi connectivity index (χ3n) is 10.5. The Balaban J connectivity index is 1.14. The van der Waals surface area contributed by atoms with Crippen LogP contribution < -0.4 is 20.1 Å². The lowest BCUT2D eigenvalue weighted by Crippen LogP contribution is -2.52. The van der Waals surface area contributed by atoms with Gasteiger partial charge in [0, 0.05) is 38.8 Å². The highest BCUT2D eigenvalue weighted by Gasteiger charge is 2.44. The molecule has 15 heteroatoms. The highest BCUT2D eigenvalue weighted by Crippen LogP contribution is 2.36. The van der Waals surface area contributed by atoms with Crippen molar-refractivity contribution in [1.29, 1.82) is 0 Å². The molecule has 3 saturated heterocycles. The van der Waals surface area contributed by atoms with Crippen LogP contribution in [0.1, 0.15) is 64.4 Å². The summed E-state index contributed by atoms with van der Waals surface area (Å²) in [6, 6.07) is 13.0. The van der Waals surface area contributed by atoms with Crippen LogP contribution in [0.25, 0.3) is 0 Å². The van der Waals surface area contributed by atoms with Gasteiger partial charge in [0.25, 0.3) is 0 Å². The van der Waals surface area contributed by atoms with Crippen molar-refractivity contribution in [3.63, 3.8) is 0 Å². The van der Waals surface area contributed by atoms with Gasteiger partial charge in [-0.2, -0.15) is 4.31 Å². The van der Waals surface area contributed by atoms with E-state index in [0.717, 1.165) is 57.2 Å². The van der Waals surface area contributed by atoms with Crippen LogP contribution in [0, 0.1) is 11.3 Å². The quantitative estimate of drug-likeness (QED) is 0.199. The molecule has 0 aromatic heterocycles. The number of unbranched alkanes of at least 4 members (excludes halogenated alkanes) is 2. The van der Waals surface area contributed by atoms with Crippen LogP contribution >= 0.6 is 0 Å². The first-order valence-corrected chi connectivity index (χ1v) is 20.3. The topological polar surface area (TPSA) is 165 Å². The van der Waals surface area contributed by atoms with E-state index in [-0.39, 0.29) is 49.8 Å². The SMILES string of the molecule is CC(C)(CCCCCNC(=O)N1CCCC1)CN(C[C@@H](O)[C@H](Cc1ccccc1)NC(=O)O[C@H]1CO[C@H]2OCC[C@H]21)S(=O)(=O)c1ccc2c(c1)OCO2. The van der Waals surface area contributed by atoms with E-state index in [9.17, 15) is 23.1 Å². The molecular weight excluding hydrogens is 705 g/mol. The summed E-state index contributed by atoms with van der Waals surface area (Å²) in [5.74, 6) is 0.734. The van der Waals surface area contributed by atoms with Gasteiger partial charge in [-0.25, -0.2) is 18.0 Å². The third-order valence-corrected chi connectivity index (χ3v) is 12.3. The zero-order valence-corrected chi connectivity index (χ0v) is 31.6. The molecule has 0 bridgehead atoms. The summed E-state index contributed by atoms with van der Waals surface area (Å²) in [7, 11) is -4.16. The normalized spacial score (nSPS) is 22.1. The highest BCUT2D eigenvalue weighted by molar-refractivity contribution is 7.89. The summed E-state index contributed by atoms with van der Waals surface area (Å²) in [5, 5.41) is 17.7. The van der Waals surface area contributed by atoms with E-state index in [4.69, 9.17) is 23.7 Å². The highest BCUT2D eigenvalue weighted by atomic mass is 32.2. The Morgan fingerprint density at radius 3 is 2.60 bits per heavy atom. The van der Waals surface area contributed by atoms with Gasteiger partial charge < -0.3 is 44.3 Å². The number of urea groups is 1. The molecule has 2 aromatic carbocycles. The van der Waals surface area contributed by atoms with Crippen molar-refractivity contribution in [2.24, 2.45) is 11.3 Å². The van der Waals surface area contributed by atoms with Crippen LogP contribution in [0.2, 0.25) is 0 Å². The van der Waals surface area contributed by atoms with E-state index in [1.807, 2.05) is 49.1 Å². The number of fused-ring (bicyclic) bond motifs is 2. The Morgan fingerprint density at radius 2 is 1.81 bits per heavy atom. The molecule has 6 rings (SSSR count). The number of aliphatic hydroxyl groups is 1. The van der Waals surface area contributed by atoms with Gasteiger partial charge in [-0.3, -0.25) is 0 Å². The number of ether oxygens (including phenoxy) is 5. The van der Waals surface area contributed by atoms with E-state index in [0.29, 0.717) is 31.1 Å². The predicted octanol–water partition coefficient (Wildman–Crippen LogP) is 4.26. The number of nitrogens with zero attached hydrogens (tertiary/aromatic N) is 2. The average Bonchev–Trinajstić information content (AvgIpc) is 3.96. The Morgan fingerprint density at radius 1 is 1.04 bits per heavy atom. The van der Waals surface area contributed by atoms with Crippen molar-refractivity contribution in [3.8, 4) is 11.5 Å². The number of rotatable bonds is 17. The maximum atomic E-state index is 14.4. The van der Waals surface area contributed by atoms with Crippen LogP contribution in [-0.4, -0.2) is 112 Å². The van der Waals surface area contributed by atoms with Gasteiger partial charge >= 0.3 is 12.1 Å². The molecule has 5 atom stereocenters. The van der Waals surface area contributed by atoms with E-state index < -0.39 is 46.1 Å². The summed E-state index contributed by atoms with van der Waals surface area (Å²) in [4.78, 5) is 27.5. The van der Waals surface area contributed by atoms with Crippen LogP contribution in [0.5, 0.6) is 11.5 Å². The zero-order valence-electron chi connectivity index (χ0n) is 30.7. The van der Waals surface area contributed by atoms with Crippen molar-refractivity contribution in [2.45, 2.75) is 94.6 Å². The number of alkyl carbamates (subject to hydrolysis) is 1. The number of amides is 3. The Hall–Kier alpha value is -3.63. The summed E-state index contributed by atoms with van der Waals surface area (Å²) in [5.41, 5.74) is 0.374. The van der Waals surface area contributed by atoms with Crippen LogP contribution in [0.15, 0.2) is 53.4 Å². The molecule has 4 aliphatic rings. The number of sulfonamides is 1. The summed E-state index contributed by atoms with van der Waals surface area (Å²) >= 11 is 0. The Kier molecular flexibility index (Phi) is 13.0. The average molecular weight is 759 g/mol. The van der Waals surface area contributed by atoms with Crippen LogP contribution in [-0.2, 0) is 30.7 Å². The monoisotopic (exact) mass is 758 g/mol. The number of nitrogens with one attached hydrogen (secondary N) is 2. The first-order chi connectivity index (χ1) is 25.5. The fourth-order valence-corrected chi connectivity index (χ4v) is 9.14. The molecule has 0 aliphatic carbocycles. The smallest absolute Gasteiger partial charge is 0.407 e. The third kappa shape index (κ3) is 10.3. The van der Waals surface area contributed by atoms with Gasteiger partial charge in [-0.05, 0) is 61.6 Å². The summed E-state index contributed by atoms with van der Waals surface area (Å²) < 4.78 is 58.0. The number of hydrogen-bond donors (Lipinski definition) is 3. The fourth-order valence-electron chi connectivity index (χ4n) is 7.48. The molecule has 292 valence electrons. The molecule has 14 nitrogen and oxygen atoms in total. The molecule has 0 saturated carbocycles. The van der Waals surface area contributed by atoms with E-state index >= 15 is 0 Å². The minimum absolute atomic E-state index is 0.000570. The molecule has 2 aromatic rings. The predicted molar refractivity (Wildman–Crippen MR) is 195 cm³/mol. The molecule has 3 amide bonds. The number of aliphatic hydroxyl groups excluding tert-OH is 1. The van der Waals surface area contributed by atoms with Gasteiger partial charge in [-0.15, -0.1) is 0 Å². The number of likely N-dealkylation sites (tertiary alicyclic amines) is 1. The molecule has 0 unspecified atom stereocenters. The molecular formula is C38H54N4O10S. The van der Waals surface area contributed by atoms with Crippen molar-refractivity contribution in [2.75, 3.05) is 52.7 Å². The lowest BCUT2D eigenvalue weighted by molar-refractivity contribution is -0.0907. The number of carbonyl (C=O) groups excluding carboxylic acids is 2. The largest absolute Gasteiger partial charge is 0.454 e. The summed E-state index contributed by atoms with van der Waals surface area (Å²) in [6.45, 7) is 6.80. The van der Waals surface area contributed by atoms with Crippen molar-refractivity contribution < 1.29 is 46.8 Å². The lowest BCUT2D eigenvalue weighted by Gasteiger charge is -2.35. The lowest BCUT2D eigenvalue weighted by atomic mass is 9.86. The first-order valence-electron chi connectivity index (χ1n) is 18.8. The minimum Gasteiger partial charge on any atom is -0.454 e. The zero-order chi connectivity index (χ0) is 37.4. The van der Waals surface area contributed by atoms with Gasteiger partial charge in [0.2, 0.25) is 16.8 Å². The second-order valence-electron chi connectivity index (χ2n) is 15.2. The van der Waals surface area contributed by atoms with Crippen LogP contribution in [0.3, 0.4) is 0 Å². The number of benzene rings is 2. The van der Waals surface area contributed by atoms with Gasteiger partial charge in [-0.1, -0.05) is 57.0 Å². The van der Waals surface area contributed by atoms with Crippen LogP contribution in [0.4, 0.5) is 9.59 Å². The molecule has 3 N–H and O–H groups in total. The van der Waals surface area contributed by atoms with Crippen molar-refractivity contribution in [1.82, 2.24) is 19.8 Å². The summed E-state index contributed by atoms with van der Waals surface area (Å²) in [6.07, 6.45) is 3.38. The fraction of sp³-hybridized carbons (Fsp3) is 0.632. The molecule has 0 radical (unpaired) electrons. The van der Waals surface area contributed by atoms with Gasteiger partial charge in [0.15, 0.2) is 17.8 Å². The second kappa shape index (κ2) is 17.7. The number of carbonyl (C=O) groups is 2. The van der Waals surface area contributed by atoms with E-state index in [2.05, 4.69) is 10.6 Å². The Bertz CT molecular complexity index is 1640. The molecule has 3 fully saturated rings. The Labute approximate surface area is 312 Å². The van der Waals surface area contributed by atoms with E-state index in [1.54, 1.807) is 6.07 Å².